The summed E-state index contributed by atoms with van der Waals surface area (Å²) in [6.45, 7) is 7.51. The van der Waals surface area contributed by atoms with Gasteiger partial charge in [-0.2, -0.15) is 4.36 Å². The number of esters is 1. The van der Waals surface area contributed by atoms with Gasteiger partial charge >= 0.3 is 30.0 Å². The second-order valence-corrected chi connectivity index (χ2v) is 32.8. The Morgan fingerprint density at radius 1 is 0.716 bits per heavy atom. The van der Waals surface area contributed by atoms with Crippen LogP contribution in [0.25, 0.3) is 11.3 Å². The van der Waals surface area contributed by atoms with Crippen LogP contribution in [0.15, 0.2) is 125 Å². The first-order valence-corrected chi connectivity index (χ1v) is 41.4. The molecule has 34 nitrogen and oxygen atoms in total. The Morgan fingerprint density at radius 3 is 2.08 bits per heavy atom. The maximum absolute atomic E-state index is 15.3. The summed E-state index contributed by atoms with van der Waals surface area (Å²) in [5.74, 6) is -6.77. The van der Waals surface area contributed by atoms with Gasteiger partial charge in [0.25, 0.3) is 15.9 Å². The highest BCUT2D eigenvalue weighted by Gasteiger charge is 2.40. The number of sulfonamides is 1. The number of urea groups is 3. The molecule has 0 aliphatic carbocycles. The normalized spacial score (nSPS) is 14.7. The molecule has 6 aromatic rings. The van der Waals surface area contributed by atoms with Gasteiger partial charge in [-0.15, -0.1) is 0 Å². The van der Waals surface area contributed by atoms with Gasteiger partial charge in [0.15, 0.2) is 5.82 Å². The van der Waals surface area contributed by atoms with Crippen LogP contribution in [0.3, 0.4) is 0 Å². The topological polar surface area (TPSA) is 442 Å². The SMILES string of the molecule is CCCNC(=O)Nc1cccc(S(=O)(=O)Nc2cccc([C@@H](CC(=O)O)NC(=O)Nc3ccc(NC(=O)NCCOCCOCCOCCC(=O)N[C@@H](CC(=O)OCCC[N+](C)(C)C)C(=O)N4CCC[C@H]4C(=O)N[C@H](C(=O)N=[S@](C)(=O)Cc4cc5cc(c4)OCCCCOc4cc(F)ccc4-c4nc(ncc4F)N5)C(C)C)cc3)c2)c1. The molecule has 4 bridgehead atoms. The van der Waals surface area contributed by atoms with Gasteiger partial charge in [-0.25, -0.2) is 45.8 Å². The third-order valence-corrected chi connectivity index (χ3v) is 20.4. The first-order valence-electron chi connectivity index (χ1n) is 37.8. The number of aliphatic carboxylic acids is 1. The number of carbonyl (C=O) groups is 9. The first kappa shape index (κ1) is 90.3. The summed E-state index contributed by atoms with van der Waals surface area (Å²) in [5, 5.41) is 33.9. The van der Waals surface area contributed by atoms with E-state index in [0.717, 1.165) is 12.3 Å². The molecular weight excluding hydrogens is 1550 g/mol. The number of carboxylic acid groups (broad SMARTS) is 1. The molecule has 11 N–H and O–H groups in total. The Balaban J connectivity index is 0.750. The fourth-order valence-corrected chi connectivity index (χ4v) is 14.4. The van der Waals surface area contributed by atoms with E-state index in [1.165, 1.54) is 96.1 Å². The highest BCUT2D eigenvalue weighted by Crippen LogP contribution is 2.34. The molecule has 10 amide bonds. The Kier molecular flexibility index (Phi) is 34.3. The third kappa shape index (κ3) is 30.2. The van der Waals surface area contributed by atoms with Gasteiger partial charge in [-0.3, -0.25) is 33.5 Å². The number of benzene rings is 5. The monoisotopic (exact) mass is 1650 g/mol. The highest BCUT2D eigenvalue weighted by atomic mass is 32.2. The van der Waals surface area contributed by atoms with Gasteiger partial charge in [0.1, 0.15) is 41.1 Å². The number of fused-ring (bicyclic) bond motifs is 6. The number of amides is 10. The summed E-state index contributed by atoms with van der Waals surface area (Å²) in [5.41, 5.74) is 2.10. The number of likely N-dealkylation sites (tertiary alicyclic amines) is 1. The van der Waals surface area contributed by atoms with Crippen molar-refractivity contribution in [2.45, 2.75) is 113 Å². The number of nitrogens with one attached hydrogen (secondary N) is 10. The van der Waals surface area contributed by atoms with Gasteiger partial charge in [0, 0.05) is 84.9 Å². The molecule has 116 heavy (non-hydrogen) atoms. The lowest BCUT2D eigenvalue weighted by Crippen LogP contribution is -2.56. The molecule has 0 spiro atoms. The van der Waals surface area contributed by atoms with E-state index in [2.05, 4.69) is 66.9 Å². The lowest BCUT2D eigenvalue weighted by atomic mass is 10.0. The molecule has 628 valence electrons. The molecule has 2 aliphatic rings. The zero-order valence-electron chi connectivity index (χ0n) is 65.7. The standard InChI is InChI=1S/C78H101F2N15O19S2/c1-8-27-81-76(103)87-56-16-12-18-60(45-56)116(107,108)92-57-17-11-15-52(42-57)63(46-68(97)98)89-78(105)86-55-23-21-54(22-24-55)85-77(104)82-28-35-110-37-39-111-38-36-109-34-26-67(96)88-64(47-69(99)114-33-14-30-95(4,5)6)74(102)94-29-13-19-65(94)72(100)90-70(50(2)3)73(101)93-115(7,106)49-51-40-58-44-59(41-51)112-31-9-10-32-113-66-43-53(79)20-25-61(66)71-62(80)48-83-75(84-58)91-71/h11-12,15-18,20-25,40-45,48,50,63-65,70,92H,8-10,13-14,19,26-39,46-47,49H2,1-7H3,(H9-,81,82,83,84,85,86,87,88,89,90,91,96,97,98,100,103,104,105)/p+1/t63-,64+,65+,70+,115-/m1/s1. The van der Waals surface area contributed by atoms with E-state index in [1.54, 1.807) is 32.0 Å². The van der Waals surface area contributed by atoms with E-state index in [4.69, 9.17) is 28.4 Å². The van der Waals surface area contributed by atoms with Crippen molar-refractivity contribution in [1.82, 2.24) is 41.5 Å². The van der Waals surface area contributed by atoms with E-state index in [9.17, 15) is 65.3 Å². The lowest BCUT2D eigenvalue weighted by molar-refractivity contribution is -0.870. The number of aromatic nitrogens is 2. The molecule has 0 saturated carbocycles. The summed E-state index contributed by atoms with van der Waals surface area (Å²) in [6, 6.07) is 19.3. The molecule has 0 unspecified atom stereocenters. The minimum atomic E-state index is -4.19. The van der Waals surface area contributed by atoms with E-state index in [1.807, 2.05) is 28.1 Å². The maximum atomic E-state index is 15.3. The van der Waals surface area contributed by atoms with Crippen molar-refractivity contribution in [3.8, 4) is 22.8 Å². The van der Waals surface area contributed by atoms with Gasteiger partial charge in [-0.1, -0.05) is 39.0 Å². The number of hydrogen-bond donors (Lipinski definition) is 11. The van der Waals surface area contributed by atoms with Crippen molar-refractivity contribution in [2.24, 2.45) is 10.3 Å². The van der Waals surface area contributed by atoms with Crippen LogP contribution < -0.4 is 62.0 Å². The minimum Gasteiger partial charge on any atom is -0.494 e. The fourth-order valence-electron chi connectivity index (χ4n) is 12.0. The number of carboxylic acids is 1. The van der Waals surface area contributed by atoms with Crippen LogP contribution >= 0.6 is 0 Å². The van der Waals surface area contributed by atoms with E-state index < -0.39 is 128 Å². The maximum Gasteiger partial charge on any atom is 0.319 e. The Labute approximate surface area is 672 Å². The average Bonchev–Trinajstić information content (AvgIpc) is 1.58. The summed E-state index contributed by atoms with van der Waals surface area (Å²) in [6.07, 6.45) is 3.68. The van der Waals surface area contributed by atoms with Crippen LogP contribution in [0.4, 0.5) is 57.5 Å². The molecule has 3 heterocycles. The molecular formula is C78H102F2N15O19S2+. The molecule has 0 radical (unpaired) electrons. The van der Waals surface area contributed by atoms with E-state index in [0.29, 0.717) is 78.1 Å². The Morgan fingerprint density at radius 2 is 1.38 bits per heavy atom. The van der Waals surface area contributed by atoms with E-state index in [-0.39, 0.29) is 136 Å². The Hall–Kier alpha value is -11.2. The van der Waals surface area contributed by atoms with Crippen LogP contribution in [-0.2, 0) is 73.2 Å². The lowest BCUT2D eigenvalue weighted by Gasteiger charge is -2.30. The number of ether oxygens (including phenoxy) is 6. The van der Waals surface area contributed by atoms with Gasteiger partial charge in [0.2, 0.25) is 23.7 Å². The minimum absolute atomic E-state index is 0.0384. The predicted molar refractivity (Wildman–Crippen MR) is 428 cm³/mol. The zero-order valence-corrected chi connectivity index (χ0v) is 67.4. The van der Waals surface area contributed by atoms with Crippen molar-refractivity contribution in [1.29, 1.82) is 0 Å². The molecule has 2 aliphatic heterocycles. The van der Waals surface area contributed by atoms with Gasteiger partial charge < -0.3 is 90.8 Å². The number of halogens is 2. The number of nitrogens with zero attached hydrogens (tertiary/aromatic N) is 5. The number of anilines is 6. The molecule has 8 rings (SSSR count). The molecule has 38 heteroatoms. The zero-order chi connectivity index (χ0) is 84.0. The van der Waals surface area contributed by atoms with Gasteiger partial charge in [0.05, 0.1) is 133 Å². The van der Waals surface area contributed by atoms with Crippen molar-refractivity contribution >= 4 is 108 Å². The smallest absolute Gasteiger partial charge is 0.319 e. The van der Waals surface area contributed by atoms with Crippen LogP contribution in [0.2, 0.25) is 0 Å². The summed E-state index contributed by atoms with van der Waals surface area (Å²) >= 11 is 0. The number of hydrogen-bond acceptors (Lipinski definition) is 21. The van der Waals surface area contributed by atoms with Crippen molar-refractivity contribution < 1.29 is 103 Å². The molecule has 1 aromatic heterocycles. The summed E-state index contributed by atoms with van der Waals surface area (Å²) in [4.78, 5) is 129. The molecule has 5 aromatic carbocycles. The van der Waals surface area contributed by atoms with Crippen molar-refractivity contribution in [3.63, 3.8) is 0 Å². The largest absolute Gasteiger partial charge is 0.494 e. The molecule has 1 saturated heterocycles. The van der Waals surface area contributed by atoms with Crippen LogP contribution in [-0.4, -0.2) is 222 Å². The molecule has 1 fully saturated rings. The van der Waals surface area contributed by atoms with Gasteiger partial charge in [-0.05, 0) is 128 Å². The van der Waals surface area contributed by atoms with E-state index >= 15 is 4.39 Å². The van der Waals surface area contributed by atoms with Crippen LogP contribution in [0, 0.1) is 17.6 Å². The second kappa shape index (κ2) is 44.1. The second-order valence-electron chi connectivity index (χ2n) is 28.7. The highest BCUT2D eigenvalue weighted by molar-refractivity contribution is 7.93. The Bertz CT molecular complexity index is 4670. The summed E-state index contributed by atoms with van der Waals surface area (Å²) < 4.78 is 112. The average molecular weight is 1660 g/mol. The third-order valence-electron chi connectivity index (χ3n) is 17.6. The summed E-state index contributed by atoms with van der Waals surface area (Å²) in [7, 11) is -1.66. The van der Waals surface area contributed by atoms with Crippen molar-refractivity contribution in [3.05, 3.63) is 138 Å². The number of quaternary nitrogens is 1. The molecule has 5 atom stereocenters. The van der Waals surface area contributed by atoms with Crippen LogP contribution in [0.5, 0.6) is 11.5 Å². The quantitative estimate of drug-likeness (QED) is 0.00983. The first-order chi connectivity index (χ1) is 55.3. The van der Waals surface area contributed by atoms with Crippen molar-refractivity contribution in [2.75, 3.05) is 139 Å². The predicted octanol–water partition coefficient (Wildman–Crippen LogP) is 8.42. The number of carbonyl (C=O) groups excluding carboxylic acids is 8. The van der Waals surface area contributed by atoms with Crippen LogP contribution in [0.1, 0.15) is 95.7 Å². The number of rotatable bonds is 38. The fraction of sp³-hybridized carbons (Fsp3) is 0.449.